The van der Waals surface area contributed by atoms with Crippen molar-refractivity contribution in [2.24, 2.45) is 0 Å². The van der Waals surface area contributed by atoms with Crippen LogP contribution in [0.1, 0.15) is 0 Å². The Morgan fingerprint density at radius 3 is 1.91 bits per heavy atom. The molecule has 9 rings (SSSR count). The molecule has 0 fully saturated rings. The first-order valence-electron chi connectivity index (χ1n) is 17.7. The number of ether oxygens (including phenoxy) is 1. The molecule has 0 atom stereocenters. The van der Waals surface area contributed by atoms with Crippen LogP contribution in [0, 0.1) is 0 Å². The Morgan fingerprint density at radius 2 is 1.17 bits per heavy atom. The van der Waals surface area contributed by atoms with Crippen molar-refractivity contribution in [2.45, 2.75) is 0 Å². The SMILES string of the molecule is CN(C)c1ccnc(-c2cccc(Oc3cccc([N+]4=C=[N+](c5c(-c6ccccc6)cccc5-c5ccccc5)c5c4ccc4ccccc54)c3)c2)c1. The van der Waals surface area contributed by atoms with E-state index in [-0.39, 0.29) is 0 Å². The highest BCUT2D eigenvalue weighted by Crippen LogP contribution is 2.47. The van der Waals surface area contributed by atoms with Crippen molar-refractivity contribution in [3.63, 3.8) is 0 Å². The average molecular weight is 685 g/mol. The molecule has 1 aliphatic heterocycles. The Balaban J connectivity index is 1.21. The van der Waals surface area contributed by atoms with Crippen LogP contribution in [-0.2, 0) is 0 Å². The summed E-state index contributed by atoms with van der Waals surface area (Å²) < 4.78 is 10.9. The molecule has 5 heteroatoms. The van der Waals surface area contributed by atoms with Gasteiger partial charge in [-0.05, 0) is 80.3 Å². The number of pyridine rings is 1. The fourth-order valence-corrected chi connectivity index (χ4v) is 7.10. The van der Waals surface area contributed by atoms with Crippen LogP contribution < -0.4 is 18.8 Å². The lowest BCUT2D eigenvalue weighted by Crippen LogP contribution is -2.08. The van der Waals surface area contributed by atoms with Crippen molar-refractivity contribution in [3.8, 4) is 45.0 Å². The normalized spacial score (nSPS) is 11.9. The van der Waals surface area contributed by atoms with Crippen molar-refractivity contribution < 1.29 is 4.74 Å². The lowest BCUT2D eigenvalue weighted by atomic mass is 9.95. The van der Waals surface area contributed by atoms with E-state index in [1.54, 1.807) is 0 Å². The molecule has 8 aromatic rings. The highest BCUT2D eigenvalue weighted by molar-refractivity contribution is 6.06. The number of anilines is 1. The second-order valence-corrected chi connectivity index (χ2v) is 13.3. The summed E-state index contributed by atoms with van der Waals surface area (Å²) in [5.41, 5.74) is 11.6. The standard InChI is InChI=1S/C48H36N4O/c1-50(2)38-28-29-49-45(32-38)37-19-11-21-40(30-37)53-41-22-12-20-39(31-41)51-33-52(48-44-23-10-9-18-36(44)26-27-46(48)51)47-42(34-14-5-3-6-15-34)24-13-25-43(47)35-16-7-4-8-17-35/h3-32H,1-2H3/q+2. The van der Waals surface area contributed by atoms with Gasteiger partial charge in [0.15, 0.2) is 0 Å². The van der Waals surface area contributed by atoms with Gasteiger partial charge in [-0.1, -0.05) is 103 Å². The first-order valence-corrected chi connectivity index (χ1v) is 17.7. The zero-order valence-corrected chi connectivity index (χ0v) is 29.5. The third-order valence-corrected chi connectivity index (χ3v) is 9.67. The summed E-state index contributed by atoms with van der Waals surface area (Å²) in [7, 11) is 4.07. The number of fused-ring (bicyclic) bond motifs is 3. The van der Waals surface area contributed by atoms with Crippen LogP contribution in [-0.4, -0.2) is 25.1 Å². The van der Waals surface area contributed by atoms with E-state index in [0.29, 0.717) is 0 Å². The molecule has 1 aromatic heterocycles. The van der Waals surface area contributed by atoms with Gasteiger partial charge in [-0.2, -0.15) is 0 Å². The largest absolute Gasteiger partial charge is 0.503 e. The molecule has 2 heterocycles. The predicted octanol–water partition coefficient (Wildman–Crippen LogP) is 12.0. The molecule has 0 radical (unpaired) electrons. The van der Waals surface area contributed by atoms with Crippen LogP contribution in [0.5, 0.6) is 11.5 Å². The molecule has 0 bridgehead atoms. The van der Waals surface area contributed by atoms with Crippen molar-refractivity contribution in [1.82, 2.24) is 14.1 Å². The zero-order chi connectivity index (χ0) is 35.7. The quantitative estimate of drug-likeness (QED) is 0.149. The number of para-hydroxylation sites is 1. The van der Waals surface area contributed by atoms with E-state index in [4.69, 9.17) is 4.74 Å². The van der Waals surface area contributed by atoms with Crippen molar-refractivity contribution in [2.75, 3.05) is 19.0 Å². The number of hydrogen-bond donors (Lipinski definition) is 0. The summed E-state index contributed by atoms with van der Waals surface area (Å²) >= 11 is 0. The molecule has 252 valence electrons. The van der Waals surface area contributed by atoms with E-state index in [9.17, 15) is 0 Å². The minimum atomic E-state index is 0.729. The van der Waals surface area contributed by atoms with Gasteiger partial charge in [-0.3, -0.25) is 4.98 Å². The van der Waals surface area contributed by atoms with E-state index in [1.165, 1.54) is 5.39 Å². The van der Waals surface area contributed by atoms with Crippen LogP contribution in [0.2, 0.25) is 0 Å². The first kappa shape index (κ1) is 31.9. The Kier molecular flexibility index (Phi) is 8.16. The minimum Gasteiger partial charge on any atom is -0.457 e. The van der Waals surface area contributed by atoms with Crippen molar-refractivity contribution in [3.05, 3.63) is 182 Å². The van der Waals surface area contributed by atoms with Crippen molar-refractivity contribution >= 4 is 45.2 Å². The number of aromatic nitrogens is 1. The third-order valence-electron chi connectivity index (χ3n) is 9.67. The highest BCUT2D eigenvalue weighted by atomic mass is 16.5. The Hall–Kier alpha value is -7.07. The Morgan fingerprint density at radius 1 is 0.528 bits per heavy atom. The van der Waals surface area contributed by atoms with Gasteiger partial charge in [0.05, 0.1) is 28.3 Å². The summed E-state index contributed by atoms with van der Waals surface area (Å²) in [4.78, 5) is 6.71. The van der Waals surface area contributed by atoms with Crippen LogP contribution in [0.3, 0.4) is 0 Å². The molecular formula is C48H36N4O+2. The molecule has 0 saturated carbocycles. The summed E-state index contributed by atoms with van der Waals surface area (Å²) in [6.07, 6.45) is 1.84. The third kappa shape index (κ3) is 6.06. The number of nitrogens with zero attached hydrogens (tertiary/aromatic N) is 4. The number of rotatable bonds is 8. The van der Waals surface area contributed by atoms with Crippen LogP contribution in [0.25, 0.3) is 44.3 Å². The Bertz CT molecular complexity index is 2650. The van der Waals surface area contributed by atoms with E-state index in [0.717, 1.165) is 78.8 Å². The Labute approximate surface area is 309 Å². The van der Waals surface area contributed by atoms with E-state index < -0.39 is 0 Å². The fourth-order valence-electron chi connectivity index (χ4n) is 7.10. The summed E-state index contributed by atoms with van der Waals surface area (Å²) in [5, 5.41) is 2.32. The summed E-state index contributed by atoms with van der Waals surface area (Å²) in [6.45, 7) is 0. The van der Waals surface area contributed by atoms with Gasteiger partial charge in [-0.25, -0.2) is 0 Å². The first-order chi connectivity index (χ1) is 26.1. The van der Waals surface area contributed by atoms with Gasteiger partial charge in [0, 0.05) is 43.7 Å². The fraction of sp³-hybridized carbons (Fsp3) is 0.0417. The van der Waals surface area contributed by atoms with E-state index in [2.05, 4.69) is 165 Å². The van der Waals surface area contributed by atoms with Gasteiger partial charge in [0.1, 0.15) is 11.5 Å². The van der Waals surface area contributed by atoms with Gasteiger partial charge < -0.3 is 9.64 Å². The molecule has 7 aromatic carbocycles. The maximum Gasteiger partial charge on any atom is 0.503 e. The summed E-state index contributed by atoms with van der Waals surface area (Å²) in [5.74, 6) is 1.47. The van der Waals surface area contributed by atoms with Crippen LogP contribution in [0.15, 0.2) is 182 Å². The summed E-state index contributed by atoms with van der Waals surface area (Å²) in [6, 6.07) is 65.0. The van der Waals surface area contributed by atoms with Crippen LogP contribution in [0.4, 0.5) is 28.4 Å². The van der Waals surface area contributed by atoms with Crippen molar-refractivity contribution in [1.29, 1.82) is 0 Å². The smallest absolute Gasteiger partial charge is 0.457 e. The average Bonchev–Trinajstić information content (AvgIpc) is 3.61. The van der Waals surface area contributed by atoms with Gasteiger partial charge >= 0.3 is 11.7 Å². The van der Waals surface area contributed by atoms with Gasteiger partial charge in [0.25, 0.3) is 5.69 Å². The number of benzene rings is 7. The molecule has 0 unspecified atom stereocenters. The molecule has 5 nitrogen and oxygen atoms in total. The molecule has 0 N–H and O–H groups in total. The monoisotopic (exact) mass is 684 g/mol. The predicted molar refractivity (Wildman–Crippen MR) is 220 cm³/mol. The minimum absolute atomic E-state index is 0.729. The van der Waals surface area contributed by atoms with E-state index in [1.807, 2.05) is 56.7 Å². The topological polar surface area (TPSA) is 31.4 Å². The molecule has 53 heavy (non-hydrogen) atoms. The second kappa shape index (κ2) is 13.6. The maximum absolute atomic E-state index is 6.54. The molecule has 0 spiro atoms. The lowest BCUT2D eigenvalue weighted by molar-refractivity contribution is 0.483. The van der Waals surface area contributed by atoms with Crippen LogP contribution >= 0.6 is 0 Å². The molecule has 0 aliphatic carbocycles. The molecule has 1 aliphatic rings. The van der Waals surface area contributed by atoms with Gasteiger partial charge in [-0.15, -0.1) is 0 Å². The second-order valence-electron chi connectivity index (χ2n) is 13.3. The molecule has 0 saturated heterocycles. The lowest BCUT2D eigenvalue weighted by Gasteiger charge is -2.13. The van der Waals surface area contributed by atoms with E-state index >= 15 is 0 Å². The zero-order valence-electron chi connectivity index (χ0n) is 29.5. The molecule has 0 amide bonds. The van der Waals surface area contributed by atoms with Gasteiger partial charge in [0.2, 0.25) is 11.4 Å². The highest BCUT2D eigenvalue weighted by Gasteiger charge is 2.41. The maximum atomic E-state index is 6.54. The molecular weight excluding hydrogens is 649 g/mol. The number of hydrogen-bond acceptors (Lipinski definition) is 3.